The summed E-state index contributed by atoms with van der Waals surface area (Å²) in [5, 5.41) is 15.1. The third kappa shape index (κ3) is 1.96. The quantitative estimate of drug-likeness (QED) is 0.645. The SMILES string of the molecule is CCc1nn(C)cc1Nc1nc(N)nc2[nH]ncc12. The minimum Gasteiger partial charge on any atom is -0.368 e. The van der Waals surface area contributed by atoms with Gasteiger partial charge in [-0.25, -0.2) is 0 Å². The number of rotatable bonds is 3. The summed E-state index contributed by atoms with van der Waals surface area (Å²) in [5.41, 5.74) is 8.17. The van der Waals surface area contributed by atoms with Gasteiger partial charge in [0.1, 0.15) is 5.82 Å². The van der Waals surface area contributed by atoms with Crippen LogP contribution in [0.5, 0.6) is 0 Å². The molecular weight excluding hydrogens is 244 g/mol. The van der Waals surface area contributed by atoms with Crippen LogP contribution in [0.3, 0.4) is 0 Å². The van der Waals surface area contributed by atoms with Crippen molar-refractivity contribution in [2.24, 2.45) is 7.05 Å². The maximum absolute atomic E-state index is 5.68. The molecular formula is C11H14N8. The Hall–Kier alpha value is -2.64. The first-order valence-corrected chi connectivity index (χ1v) is 5.93. The molecule has 3 heterocycles. The number of aromatic nitrogens is 6. The summed E-state index contributed by atoms with van der Waals surface area (Å²) < 4.78 is 1.76. The van der Waals surface area contributed by atoms with Crippen molar-refractivity contribution in [1.29, 1.82) is 0 Å². The number of aryl methyl sites for hydroxylation is 2. The van der Waals surface area contributed by atoms with E-state index in [1.165, 1.54) is 0 Å². The number of nitrogen functional groups attached to an aromatic ring is 1. The first kappa shape index (κ1) is 11.5. The van der Waals surface area contributed by atoms with E-state index in [0.29, 0.717) is 11.5 Å². The van der Waals surface area contributed by atoms with E-state index in [-0.39, 0.29) is 5.95 Å². The van der Waals surface area contributed by atoms with Crippen LogP contribution in [0.25, 0.3) is 11.0 Å². The van der Waals surface area contributed by atoms with Crippen LogP contribution >= 0.6 is 0 Å². The Morgan fingerprint density at radius 3 is 3.05 bits per heavy atom. The van der Waals surface area contributed by atoms with Gasteiger partial charge in [0, 0.05) is 13.2 Å². The molecule has 0 aliphatic rings. The van der Waals surface area contributed by atoms with Gasteiger partial charge in [-0.3, -0.25) is 9.78 Å². The van der Waals surface area contributed by atoms with Crippen LogP contribution in [0.2, 0.25) is 0 Å². The zero-order chi connectivity index (χ0) is 13.4. The molecule has 0 saturated heterocycles. The molecule has 0 spiro atoms. The van der Waals surface area contributed by atoms with Crippen molar-refractivity contribution in [2.45, 2.75) is 13.3 Å². The van der Waals surface area contributed by atoms with Crippen molar-refractivity contribution in [3.63, 3.8) is 0 Å². The molecule has 8 nitrogen and oxygen atoms in total. The largest absolute Gasteiger partial charge is 0.368 e. The molecule has 0 bridgehead atoms. The summed E-state index contributed by atoms with van der Waals surface area (Å²) in [7, 11) is 1.88. The Kier molecular flexibility index (Phi) is 2.55. The first-order valence-electron chi connectivity index (χ1n) is 5.93. The number of H-pyrrole nitrogens is 1. The van der Waals surface area contributed by atoms with Crippen LogP contribution < -0.4 is 11.1 Å². The van der Waals surface area contributed by atoms with Gasteiger partial charge in [0.05, 0.1) is 23.0 Å². The molecule has 8 heteroatoms. The summed E-state index contributed by atoms with van der Waals surface area (Å²) in [6.07, 6.45) is 4.40. The fraction of sp³-hybridized carbons (Fsp3) is 0.273. The molecule has 3 rings (SSSR count). The summed E-state index contributed by atoms with van der Waals surface area (Å²) >= 11 is 0. The molecule has 3 aromatic heterocycles. The van der Waals surface area contributed by atoms with E-state index in [4.69, 9.17) is 5.73 Å². The summed E-state index contributed by atoms with van der Waals surface area (Å²) in [6, 6.07) is 0. The third-order valence-corrected chi connectivity index (χ3v) is 2.82. The number of nitrogens with zero attached hydrogens (tertiary/aromatic N) is 5. The zero-order valence-corrected chi connectivity index (χ0v) is 10.7. The molecule has 4 N–H and O–H groups in total. The van der Waals surface area contributed by atoms with Crippen LogP contribution in [-0.4, -0.2) is 29.9 Å². The van der Waals surface area contributed by atoms with Crippen LogP contribution in [0.1, 0.15) is 12.6 Å². The number of hydrogen-bond donors (Lipinski definition) is 3. The topological polar surface area (TPSA) is 110 Å². The highest BCUT2D eigenvalue weighted by molar-refractivity contribution is 5.89. The van der Waals surface area contributed by atoms with Crippen molar-refractivity contribution < 1.29 is 0 Å². The average molecular weight is 258 g/mol. The molecule has 0 fully saturated rings. The van der Waals surface area contributed by atoms with Crippen molar-refractivity contribution in [3.05, 3.63) is 18.1 Å². The Labute approximate surface area is 109 Å². The minimum atomic E-state index is 0.196. The molecule has 0 aliphatic carbocycles. The number of aromatic amines is 1. The van der Waals surface area contributed by atoms with Gasteiger partial charge in [0.15, 0.2) is 5.65 Å². The number of nitrogens with one attached hydrogen (secondary N) is 2. The summed E-state index contributed by atoms with van der Waals surface area (Å²) in [6.45, 7) is 2.05. The molecule has 0 aliphatic heterocycles. The second-order valence-electron chi connectivity index (χ2n) is 4.20. The molecule has 0 unspecified atom stereocenters. The van der Waals surface area contributed by atoms with Crippen molar-refractivity contribution in [2.75, 3.05) is 11.1 Å². The summed E-state index contributed by atoms with van der Waals surface area (Å²) in [4.78, 5) is 8.29. The Morgan fingerprint density at radius 1 is 1.42 bits per heavy atom. The molecule has 0 amide bonds. The number of nitrogens with two attached hydrogens (primary N) is 1. The fourth-order valence-electron chi connectivity index (χ4n) is 1.98. The average Bonchev–Trinajstić information content (AvgIpc) is 2.95. The van der Waals surface area contributed by atoms with Gasteiger partial charge >= 0.3 is 0 Å². The summed E-state index contributed by atoms with van der Waals surface area (Å²) in [5.74, 6) is 0.820. The van der Waals surface area contributed by atoms with Crippen LogP contribution in [0, 0.1) is 0 Å². The predicted octanol–water partition coefficient (Wildman–Crippen LogP) is 0.975. The van der Waals surface area contributed by atoms with Crippen molar-refractivity contribution in [1.82, 2.24) is 29.9 Å². The number of anilines is 3. The second-order valence-corrected chi connectivity index (χ2v) is 4.20. The Morgan fingerprint density at radius 2 is 2.26 bits per heavy atom. The highest BCUT2D eigenvalue weighted by Crippen LogP contribution is 2.24. The maximum Gasteiger partial charge on any atom is 0.224 e. The molecule has 0 aromatic carbocycles. The number of hydrogen-bond acceptors (Lipinski definition) is 6. The van der Waals surface area contributed by atoms with E-state index in [1.807, 2.05) is 13.2 Å². The molecule has 98 valence electrons. The van der Waals surface area contributed by atoms with Crippen LogP contribution in [0.4, 0.5) is 17.5 Å². The minimum absolute atomic E-state index is 0.196. The lowest BCUT2D eigenvalue weighted by molar-refractivity contribution is 0.746. The van der Waals surface area contributed by atoms with Gasteiger partial charge in [0.2, 0.25) is 5.95 Å². The van der Waals surface area contributed by atoms with E-state index in [9.17, 15) is 0 Å². The number of fused-ring (bicyclic) bond motifs is 1. The van der Waals surface area contributed by atoms with Gasteiger partial charge in [-0.05, 0) is 6.42 Å². The monoisotopic (exact) mass is 258 g/mol. The van der Waals surface area contributed by atoms with E-state index in [2.05, 4.69) is 37.5 Å². The highest BCUT2D eigenvalue weighted by Gasteiger charge is 2.11. The van der Waals surface area contributed by atoms with Gasteiger partial charge in [-0.15, -0.1) is 0 Å². The Bertz CT molecular complexity index is 725. The van der Waals surface area contributed by atoms with E-state index in [1.54, 1.807) is 10.9 Å². The first-order chi connectivity index (χ1) is 9.17. The molecule has 0 saturated carbocycles. The van der Waals surface area contributed by atoms with Gasteiger partial charge < -0.3 is 11.1 Å². The zero-order valence-electron chi connectivity index (χ0n) is 10.7. The normalized spacial score (nSPS) is 11.1. The van der Waals surface area contributed by atoms with Crippen LogP contribution in [0.15, 0.2) is 12.4 Å². The lowest BCUT2D eigenvalue weighted by atomic mass is 10.3. The predicted molar refractivity (Wildman–Crippen MR) is 72.0 cm³/mol. The molecule has 19 heavy (non-hydrogen) atoms. The second kappa shape index (κ2) is 4.23. The highest BCUT2D eigenvalue weighted by atomic mass is 15.3. The van der Waals surface area contributed by atoms with Crippen LogP contribution in [-0.2, 0) is 13.5 Å². The lowest BCUT2D eigenvalue weighted by Gasteiger charge is -2.06. The lowest BCUT2D eigenvalue weighted by Crippen LogP contribution is -2.01. The van der Waals surface area contributed by atoms with Gasteiger partial charge in [-0.2, -0.15) is 20.2 Å². The molecule has 3 aromatic rings. The smallest absolute Gasteiger partial charge is 0.224 e. The maximum atomic E-state index is 5.68. The fourth-order valence-corrected chi connectivity index (χ4v) is 1.98. The van der Waals surface area contributed by atoms with Gasteiger partial charge in [-0.1, -0.05) is 6.92 Å². The standard InChI is InChI=1S/C11H14N8/c1-3-7-8(5-19(2)18-7)14-9-6-4-13-17-10(6)16-11(12)15-9/h4-5H,3H2,1-2H3,(H4,12,13,14,15,16,17). The van der Waals surface area contributed by atoms with Crippen molar-refractivity contribution >= 4 is 28.5 Å². The Balaban J connectivity index is 2.07. The van der Waals surface area contributed by atoms with E-state index in [0.717, 1.165) is 23.2 Å². The molecule has 0 atom stereocenters. The van der Waals surface area contributed by atoms with Crippen molar-refractivity contribution in [3.8, 4) is 0 Å². The molecule has 0 radical (unpaired) electrons. The van der Waals surface area contributed by atoms with E-state index < -0.39 is 0 Å². The third-order valence-electron chi connectivity index (χ3n) is 2.82. The van der Waals surface area contributed by atoms with E-state index >= 15 is 0 Å². The van der Waals surface area contributed by atoms with Gasteiger partial charge in [0.25, 0.3) is 0 Å².